The molecule has 0 spiro atoms. The Morgan fingerprint density at radius 1 is 1.00 bits per heavy atom. The van der Waals surface area contributed by atoms with E-state index in [1.54, 1.807) is 0 Å². The van der Waals surface area contributed by atoms with Gasteiger partial charge in [-0.1, -0.05) is 64.7 Å². The van der Waals surface area contributed by atoms with Crippen molar-refractivity contribution in [2.75, 3.05) is 0 Å². The van der Waals surface area contributed by atoms with E-state index in [2.05, 4.69) is 6.92 Å². The van der Waals surface area contributed by atoms with Gasteiger partial charge in [-0.05, 0) is 6.42 Å². The van der Waals surface area contributed by atoms with Gasteiger partial charge in [-0.2, -0.15) is 0 Å². The molecule has 17 heavy (non-hydrogen) atoms. The van der Waals surface area contributed by atoms with Crippen molar-refractivity contribution in [1.82, 2.24) is 0 Å². The molecule has 2 nitrogen and oxygen atoms in total. The number of carbonyl (C=O) groups is 1. The summed E-state index contributed by atoms with van der Waals surface area (Å²) in [6.45, 7) is 2.20. The molecule has 4 heteroatoms. The molecule has 0 aromatic carbocycles. The monoisotopic (exact) mass is 254 g/mol. The first-order valence-corrected chi connectivity index (χ1v) is 6.53. The van der Waals surface area contributed by atoms with Gasteiger partial charge in [0.15, 0.2) is 0 Å². The van der Waals surface area contributed by atoms with Crippen molar-refractivity contribution in [3.05, 3.63) is 0 Å². The third-order valence-electron chi connectivity index (χ3n) is 2.82. The van der Waals surface area contributed by atoms with Crippen molar-refractivity contribution >= 4 is 5.97 Å². The first-order valence-electron chi connectivity index (χ1n) is 6.53. The van der Waals surface area contributed by atoms with E-state index in [1.807, 2.05) is 0 Å². The Morgan fingerprint density at radius 2 is 1.41 bits per heavy atom. The van der Waals surface area contributed by atoms with Crippen molar-refractivity contribution in [3.63, 3.8) is 0 Å². The number of aliphatic carboxylic acids is 1. The molecule has 0 saturated heterocycles. The molecule has 0 bridgehead atoms. The number of carbonyl (C=O) groups excluding carboxylic acids is 1. The maximum atomic E-state index is 12.6. The van der Waals surface area contributed by atoms with E-state index >= 15 is 0 Å². The van der Waals surface area contributed by atoms with Gasteiger partial charge in [0, 0.05) is 0 Å². The average Bonchev–Trinajstić information content (AvgIpc) is 2.26. The molecule has 0 fully saturated rings. The van der Waals surface area contributed by atoms with Gasteiger partial charge in [-0.15, -0.1) is 0 Å². The maximum Gasteiger partial charge on any atom is 1.00 e. The second kappa shape index (κ2) is 14.5. The van der Waals surface area contributed by atoms with Crippen molar-refractivity contribution in [2.24, 2.45) is 0 Å². The Kier molecular flexibility index (Phi) is 16.8. The van der Waals surface area contributed by atoms with E-state index in [4.69, 9.17) is 0 Å². The first kappa shape index (κ1) is 19.7. The summed E-state index contributed by atoms with van der Waals surface area (Å²) < 4.78 is 12.6. The zero-order chi connectivity index (χ0) is 12.2. The second-order valence-corrected chi connectivity index (χ2v) is 4.40. The number of hydrogen-bond donors (Lipinski definition) is 0. The molecule has 0 radical (unpaired) electrons. The zero-order valence-corrected chi connectivity index (χ0v) is 13.3. The normalized spacial score (nSPS) is 11.9. The summed E-state index contributed by atoms with van der Waals surface area (Å²) in [5.74, 6) is -1.57. The average molecular weight is 254 g/mol. The quantitative estimate of drug-likeness (QED) is 0.384. The number of hydrogen-bond acceptors (Lipinski definition) is 2. The van der Waals surface area contributed by atoms with Crippen LogP contribution in [0.4, 0.5) is 4.39 Å². The number of carboxylic acid groups (broad SMARTS) is 1. The minimum Gasteiger partial charge on any atom is -0.547 e. The van der Waals surface area contributed by atoms with Crippen LogP contribution < -0.4 is 34.7 Å². The fourth-order valence-corrected chi connectivity index (χ4v) is 1.75. The number of alkyl halides is 1. The summed E-state index contributed by atoms with van der Waals surface area (Å²) in [4.78, 5) is 10.1. The predicted molar refractivity (Wildman–Crippen MR) is 61.7 cm³/mol. The zero-order valence-electron chi connectivity index (χ0n) is 11.3. The van der Waals surface area contributed by atoms with Crippen LogP contribution in [0.5, 0.6) is 0 Å². The van der Waals surface area contributed by atoms with E-state index in [-0.39, 0.29) is 36.0 Å². The minimum atomic E-state index is -1.77. The summed E-state index contributed by atoms with van der Waals surface area (Å²) in [6, 6.07) is 0. The van der Waals surface area contributed by atoms with Crippen molar-refractivity contribution < 1.29 is 43.8 Å². The first-order chi connectivity index (χ1) is 7.68. The van der Waals surface area contributed by atoms with Crippen LogP contribution in [0.1, 0.15) is 71.1 Å². The minimum absolute atomic E-state index is 0. The van der Waals surface area contributed by atoms with Crippen molar-refractivity contribution in [1.29, 1.82) is 0 Å². The van der Waals surface area contributed by atoms with E-state index in [9.17, 15) is 14.3 Å². The fourth-order valence-electron chi connectivity index (χ4n) is 1.75. The Hall–Kier alpha value is 0.400. The topological polar surface area (TPSA) is 40.1 Å². The predicted octanol–water partition coefficient (Wildman–Crippen LogP) is -0.000700. The van der Waals surface area contributed by atoms with Gasteiger partial charge >= 0.3 is 29.6 Å². The summed E-state index contributed by atoms with van der Waals surface area (Å²) in [5, 5.41) is 10.1. The molecule has 0 aromatic heterocycles. The van der Waals surface area contributed by atoms with E-state index in [0.717, 1.165) is 12.8 Å². The molecule has 0 aliphatic heterocycles. The molecule has 0 saturated carbocycles. The number of halogens is 1. The molecule has 0 aromatic rings. The molecule has 0 aliphatic carbocycles. The van der Waals surface area contributed by atoms with Crippen LogP contribution in [0.25, 0.3) is 0 Å². The summed E-state index contributed by atoms with van der Waals surface area (Å²) in [7, 11) is 0. The van der Waals surface area contributed by atoms with Crippen molar-refractivity contribution in [3.8, 4) is 0 Å². The van der Waals surface area contributed by atoms with Crippen LogP contribution in [0.15, 0.2) is 0 Å². The van der Waals surface area contributed by atoms with Gasteiger partial charge in [-0.3, -0.25) is 0 Å². The molecule has 0 N–H and O–H groups in total. The Labute approximate surface area is 127 Å². The second-order valence-electron chi connectivity index (χ2n) is 4.40. The Bertz CT molecular complexity index is 177. The SMILES string of the molecule is CCCCCCCCCCCC(F)C(=O)[O-].[Na+]. The number of rotatable bonds is 11. The van der Waals surface area contributed by atoms with E-state index in [1.165, 1.54) is 38.5 Å². The van der Waals surface area contributed by atoms with Crippen LogP contribution in [-0.2, 0) is 4.79 Å². The molecule has 1 unspecified atom stereocenters. The Balaban J connectivity index is 0. The third-order valence-corrected chi connectivity index (χ3v) is 2.82. The smallest absolute Gasteiger partial charge is 0.547 e. The van der Waals surface area contributed by atoms with Crippen LogP contribution in [0.2, 0.25) is 0 Å². The third kappa shape index (κ3) is 14.3. The molecule has 0 rings (SSSR count). The van der Waals surface area contributed by atoms with Gasteiger partial charge in [-0.25, -0.2) is 4.39 Å². The van der Waals surface area contributed by atoms with Gasteiger partial charge in [0.25, 0.3) is 0 Å². The summed E-state index contributed by atoms with van der Waals surface area (Å²) in [6.07, 6.45) is 8.63. The van der Waals surface area contributed by atoms with Gasteiger partial charge in [0.1, 0.15) is 6.17 Å². The molecular weight excluding hydrogens is 230 g/mol. The van der Waals surface area contributed by atoms with Crippen LogP contribution in [0, 0.1) is 0 Å². The van der Waals surface area contributed by atoms with Gasteiger partial charge in [0.2, 0.25) is 0 Å². The number of unbranched alkanes of at least 4 members (excludes halogenated alkanes) is 8. The standard InChI is InChI=1S/C13H25FO2.Na/c1-2-3-4-5-6-7-8-9-10-11-12(14)13(15)16;/h12H,2-11H2,1H3,(H,15,16);/q;+1/p-1. The molecule has 0 heterocycles. The molecule has 1 atom stereocenters. The summed E-state index contributed by atoms with van der Waals surface area (Å²) in [5.41, 5.74) is 0. The van der Waals surface area contributed by atoms with Crippen LogP contribution >= 0.6 is 0 Å². The van der Waals surface area contributed by atoms with E-state index < -0.39 is 12.1 Å². The maximum absolute atomic E-state index is 12.6. The van der Waals surface area contributed by atoms with Crippen molar-refractivity contribution in [2.45, 2.75) is 77.3 Å². The fraction of sp³-hybridized carbons (Fsp3) is 0.923. The molecule has 0 amide bonds. The van der Waals surface area contributed by atoms with Crippen LogP contribution in [0.3, 0.4) is 0 Å². The number of carboxylic acids is 1. The largest absolute Gasteiger partial charge is 1.00 e. The van der Waals surface area contributed by atoms with Gasteiger partial charge in [0.05, 0.1) is 5.97 Å². The van der Waals surface area contributed by atoms with E-state index in [0.29, 0.717) is 6.42 Å². The molecular formula is C13H24FNaO2. The van der Waals surface area contributed by atoms with Crippen LogP contribution in [-0.4, -0.2) is 12.1 Å². The molecule has 96 valence electrons. The Morgan fingerprint density at radius 3 is 1.82 bits per heavy atom. The van der Waals surface area contributed by atoms with Gasteiger partial charge < -0.3 is 9.90 Å². The molecule has 0 aliphatic rings. The summed E-state index contributed by atoms with van der Waals surface area (Å²) >= 11 is 0.